The zero-order valence-electron chi connectivity index (χ0n) is 17.3. The summed E-state index contributed by atoms with van der Waals surface area (Å²) in [6, 6.07) is 5.28. The number of hydrogen-bond donors (Lipinski definition) is 0. The molecule has 4 rings (SSSR count). The van der Waals surface area contributed by atoms with Gasteiger partial charge in [-0.25, -0.2) is 8.78 Å². The van der Waals surface area contributed by atoms with E-state index in [-0.39, 0.29) is 35.2 Å². The van der Waals surface area contributed by atoms with Gasteiger partial charge in [-0.15, -0.1) is 0 Å². The molecule has 0 bridgehead atoms. The third-order valence-electron chi connectivity index (χ3n) is 6.07. The highest BCUT2D eigenvalue weighted by Gasteiger charge is 2.53. The second-order valence-electron chi connectivity index (χ2n) is 8.48. The summed E-state index contributed by atoms with van der Waals surface area (Å²) < 4.78 is 40.2. The van der Waals surface area contributed by atoms with Gasteiger partial charge in [0.15, 0.2) is 11.5 Å². The van der Waals surface area contributed by atoms with E-state index < -0.39 is 36.0 Å². The fourth-order valence-corrected chi connectivity index (χ4v) is 4.67. The zero-order chi connectivity index (χ0) is 21.4. The quantitative estimate of drug-likeness (QED) is 0.657. The monoisotopic (exact) mass is 419 g/mol. The van der Waals surface area contributed by atoms with Crippen LogP contribution in [0.25, 0.3) is 0 Å². The van der Waals surface area contributed by atoms with E-state index in [2.05, 4.69) is 0 Å². The lowest BCUT2D eigenvalue weighted by molar-refractivity contribution is -0.136. The minimum Gasteiger partial charge on any atom is -0.483 e. The van der Waals surface area contributed by atoms with Crippen LogP contribution in [-0.2, 0) is 19.1 Å². The van der Waals surface area contributed by atoms with E-state index in [0.29, 0.717) is 32.4 Å². The molecule has 2 aliphatic heterocycles. The number of fused-ring (bicyclic) bond motifs is 1. The summed E-state index contributed by atoms with van der Waals surface area (Å²) in [6.45, 7) is 4.60. The third kappa shape index (κ3) is 3.75. The molecule has 4 atom stereocenters. The molecular weight excluding hydrogens is 392 g/mol. The fourth-order valence-electron chi connectivity index (χ4n) is 4.67. The smallest absolute Gasteiger partial charge is 0.290 e. The summed E-state index contributed by atoms with van der Waals surface area (Å²) in [4.78, 5) is 28.1. The minimum atomic E-state index is -1.06. The van der Waals surface area contributed by atoms with E-state index in [1.807, 2.05) is 13.8 Å². The summed E-state index contributed by atoms with van der Waals surface area (Å²) in [5, 5.41) is 0. The molecule has 3 aliphatic rings. The van der Waals surface area contributed by atoms with Crippen molar-refractivity contribution in [3.63, 3.8) is 0 Å². The molecule has 1 fully saturated rings. The first-order chi connectivity index (χ1) is 14.4. The van der Waals surface area contributed by atoms with Crippen LogP contribution < -0.4 is 0 Å². The molecule has 1 aromatic carbocycles. The predicted octanol–water partition coefficient (Wildman–Crippen LogP) is 3.88. The molecule has 1 saturated carbocycles. The minimum absolute atomic E-state index is 0.0107. The molecule has 0 saturated heterocycles. The molecule has 30 heavy (non-hydrogen) atoms. The number of hydrogen-bond acceptors (Lipinski definition) is 4. The maximum absolute atomic E-state index is 14.7. The van der Waals surface area contributed by atoms with Gasteiger partial charge in [-0.05, 0) is 45.6 Å². The second kappa shape index (κ2) is 8.46. The van der Waals surface area contributed by atoms with Crippen molar-refractivity contribution < 1.29 is 27.8 Å². The van der Waals surface area contributed by atoms with E-state index in [9.17, 15) is 18.4 Å². The Morgan fingerprint density at radius 3 is 2.73 bits per heavy atom. The van der Waals surface area contributed by atoms with Crippen LogP contribution >= 0.6 is 0 Å². The Kier molecular flexibility index (Phi) is 5.91. The van der Waals surface area contributed by atoms with Crippen LogP contribution in [0.3, 0.4) is 0 Å². The number of ketones is 1. The van der Waals surface area contributed by atoms with Crippen molar-refractivity contribution >= 4 is 11.7 Å². The largest absolute Gasteiger partial charge is 0.483 e. The van der Waals surface area contributed by atoms with Crippen LogP contribution in [0.1, 0.15) is 51.1 Å². The van der Waals surface area contributed by atoms with E-state index in [0.717, 1.165) is 0 Å². The standard InChI is InChI=1S/C23H27F2NO4/c1-13(2)29-11-5-10-26-20(15-6-3-4-7-17(15)25)19-21(27)16-12-14(24)8-9-18(16)30-22(19)23(26)28/h3-4,6-7,13-14,16,18,20H,5,8-12H2,1-2H3. The highest BCUT2D eigenvalue weighted by Crippen LogP contribution is 2.47. The van der Waals surface area contributed by atoms with Gasteiger partial charge >= 0.3 is 0 Å². The summed E-state index contributed by atoms with van der Waals surface area (Å²) >= 11 is 0. The van der Waals surface area contributed by atoms with Gasteiger partial charge in [0, 0.05) is 18.7 Å². The Hall–Kier alpha value is -2.28. The van der Waals surface area contributed by atoms with Gasteiger partial charge in [-0.2, -0.15) is 0 Å². The van der Waals surface area contributed by atoms with Gasteiger partial charge in [-0.3, -0.25) is 9.59 Å². The SMILES string of the molecule is CC(C)OCCCN1C(=O)C2=C(C(=O)C3CC(F)CCC3O2)C1c1ccccc1F. The van der Waals surface area contributed by atoms with Gasteiger partial charge in [0.2, 0.25) is 0 Å². The molecule has 2 heterocycles. The van der Waals surface area contributed by atoms with Crippen molar-refractivity contribution in [2.45, 2.75) is 64.0 Å². The zero-order valence-corrected chi connectivity index (χ0v) is 17.3. The van der Waals surface area contributed by atoms with Gasteiger partial charge in [0.1, 0.15) is 18.1 Å². The molecule has 1 aromatic rings. The molecule has 162 valence electrons. The van der Waals surface area contributed by atoms with Crippen LogP contribution in [0.15, 0.2) is 35.6 Å². The summed E-state index contributed by atoms with van der Waals surface area (Å²) in [7, 11) is 0. The molecular formula is C23H27F2NO4. The molecule has 0 aromatic heterocycles. The molecule has 0 radical (unpaired) electrons. The Bertz CT molecular complexity index is 869. The molecule has 0 spiro atoms. The van der Waals surface area contributed by atoms with Crippen molar-refractivity contribution in [2.75, 3.05) is 13.2 Å². The van der Waals surface area contributed by atoms with Gasteiger partial charge in [0.05, 0.1) is 23.6 Å². The Balaban J connectivity index is 1.67. The van der Waals surface area contributed by atoms with Crippen LogP contribution in [0.5, 0.6) is 0 Å². The average Bonchev–Trinajstić information content (AvgIpc) is 2.98. The lowest BCUT2D eigenvalue weighted by Crippen LogP contribution is -2.42. The second-order valence-corrected chi connectivity index (χ2v) is 8.48. The van der Waals surface area contributed by atoms with Crippen molar-refractivity contribution in [3.05, 3.63) is 47.0 Å². The number of halogens is 2. The Labute approximate surface area is 175 Å². The molecule has 0 N–H and O–H groups in total. The molecule has 5 nitrogen and oxygen atoms in total. The van der Waals surface area contributed by atoms with E-state index in [4.69, 9.17) is 9.47 Å². The maximum atomic E-state index is 14.7. The number of carbonyl (C=O) groups excluding carboxylic acids is 2. The number of alkyl halides is 1. The van der Waals surface area contributed by atoms with Crippen LogP contribution in [-0.4, -0.2) is 48.1 Å². The lowest BCUT2D eigenvalue weighted by atomic mass is 9.77. The number of amides is 1. The molecule has 4 unspecified atom stereocenters. The van der Waals surface area contributed by atoms with Crippen molar-refractivity contribution in [3.8, 4) is 0 Å². The third-order valence-corrected chi connectivity index (χ3v) is 6.07. The predicted molar refractivity (Wildman–Crippen MR) is 106 cm³/mol. The highest BCUT2D eigenvalue weighted by molar-refractivity contribution is 6.11. The van der Waals surface area contributed by atoms with Gasteiger partial charge < -0.3 is 14.4 Å². The maximum Gasteiger partial charge on any atom is 0.290 e. The number of ether oxygens (including phenoxy) is 2. The van der Waals surface area contributed by atoms with Gasteiger partial charge in [-0.1, -0.05) is 18.2 Å². The van der Waals surface area contributed by atoms with Crippen LogP contribution in [0.2, 0.25) is 0 Å². The normalized spacial score (nSPS) is 28.6. The van der Waals surface area contributed by atoms with Crippen molar-refractivity contribution in [1.29, 1.82) is 0 Å². The van der Waals surface area contributed by atoms with Gasteiger partial charge in [0.25, 0.3) is 5.91 Å². The fraction of sp³-hybridized carbons (Fsp3) is 0.565. The highest BCUT2D eigenvalue weighted by atomic mass is 19.1. The first-order valence-corrected chi connectivity index (χ1v) is 10.6. The van der Waals surface area contributed by atoms with E-state index >= 15 is 0 Å². The number of nitrogens with zero attached hydrogens (tertiary/aromatic N) is 1. The number of carbonyl (C=O) groups is 2. The van der Waals surface area contributed by atoms with E-state index in [1.54, 1.807) is 18.2 Å². The summed E-state index contributed by atoms with van der Waals surface area (Å²) in [5.74, 6) is -1.80. The topological polar surface area (TPSA) is 55.8 Å². The first-order valence-electron chi connectivity index (χ1n) is 10.6. The first kappa shape index (κ1) is 21.0. The van der Waals surface area contributed by atoms with Crippen LogP contribution in [0, 0.1) is 11.7 Å². The summed E-state index contributed by atoms with van der Waals surface area (Å²) in [6.07, 6.45) is -0.141. The molecule has 1 amide bonds. The Morgan fingerprint density at radius 2 is 2.00 bits per heavy atom. The molecule has 7 heteroatoms. The molecule has 1 aliphatic carbocycles. The van der Waals surface area contributed by atoms with Crippen molar-refractivity contribution in [2.24, 2.45) is 5.92 Å². The lowest BCUT2D eigenvalue weighted by Gasteiger charge is -2.36. The van der Waals surface area contributed by atoms with Crippen LogP contribution in [0.4, 0.5) is 8.78 Å². The number of Topliss-reactive ketones (excluding diaryl/α,β-unsaturated/α-hetero) is 1. The summed E-state index contributed by atoms with van der Waals surface area (Å²) in [5.41, 5.74) is 0.425. The number of rotatable bonds is 6. The van der Waals surface area contributed by atoms with E-state index in [1.165, 1.54) is 11.0 Å². The Morgan fingerprint density at radius 1 is 1.23 bits per heavy atom. The number of benzene rings is 1. The average molecular weight is 419 g/mol. The van der Waals surface area contributed by atoms with Crippen molar-refractivity contribution in [1.82, 2.24) is 4.90 Å².